The van der Waals surface area contributed by atoms with E-state index in [2.05, 4.69) is 5.32 Å². The number of carbonyl (C=O) groups excluding carboxylic acids is 1. The molecule has 5 heteroatoms. The topological polar surface area (TPSA) is 47.6 Å². The summed E-state index contributed by atoms with van der Waals surface area (Å²) >= 11 is 5.87. The Bertz CT molecular complexity index is 701. The fourth-order valence-corrected chi connectivity index (χ4v) is 2.72. The molecule has 0 saturated carbocycles. The zero-order chi connectivity index (χ0) is 18.8. The summed E-state index contributed by atoms with van der Waals surface area (Å²) in [5, 5.41) is 3.68. The quantitative estimate of drug-likeness (QED) is 0.668. The van der Waals surface area contributed by atoms with Crippen LogP contribution in [0.4, 0.5) is 0 Å². The van der Waals surface area contributed by atoms with E-state index in [-0.39, 0.29) is 5.91 Å². The number of aryl methyl sites for hydroxylation is 1. The molecule has 26 heavy (non-hydrogen) atoms. The van der Waals surface area contributed by atoms with Crippen molar-refractivity contribution in [2.75, 3.05) is 19.8 Å². The first kappa shape index (κ1) is 20.1. The molecule has 0 aliphatic rings. The molecule has 0 saturated heterocycles. The molecule has 0 unspecified atom stereocenters. The largest absolute Gasteiger partial charge is 0.490 e. The van der Waals surface area contributed by atoms with Gasteiger partial charge in [-0.2, -0.15) is 0 Å². The molecule has 0 spiro atoms. The number of nitrogens with one attached hydrogen (secondary N) is 1. The van der Waals surface area contributed by atoms with Crippen LogP contribution >= 0.6 is 11.6 Å². The Morgan fingerprint density at radius 3 is 2.27 bits per heavy atom. The molecule has 0 bridgehead atoms. The third-order valence-corrected chi connectivity index (χ3v) is 4.15. The van der Waals surface area contributed by atoms with E-state index in [1.165, 1.54) is 0 Å². The first-order valence-corrected chi connectivity index (χ1v) is 9.39. The van der Waals surface area contributed by atoms with Crippen molar-refractivity contribution in [3.63, 3.8) is 0 Å². The molecule has 0 heterocycles. The van der Waals surface area contributed by atoms with Crippen LogP contribution in [0.5, 0.6) is 11.5 Å². The number of benzene rings is 2. The zero-order valence-corrected chi connectivity index (χ0v) is 16.1. The highest BCUT2D eigenvalue weighted by Gasteiger charge is 2.08. The van der Waals surface area contributed by atoms with E-state index in [0.717, 1.165) is 34.1 Å². The SMILES string of the molecule is CCOc1ccc(CCC(=O)NCCc2ccc(Cl)cc2)cc1OCC. The Hall–Kier alpha value is -2.20. The summed E-state index contributed by atoms with van der Waals surface area (Å²) in [7, 11) is 0. The highest BCUT2D eigenvalue weighted by atomic mass is 35.5. The van der Waals surface area contributed by atoms with Gasteiger partial charge < -0.3 is 14.8 Å². The van der Waals surface area contributed by atoms with E-state index in [9.17, 15) is 4.79 Å². The molecule has 0 aliphatic carbocycles. The van der Waals surface area contributed by atoms with Gasteiger partial charge in [0.15, 0.2) is 11.5 Å². The Balaban J connectivity index is 1.79. The molecule has 4 nitrogen and oxygen atoms in total. The van der Waals surface area contributed by atoms with Crippen LogP contribution in [0.3, 0.4) is 0 Å². The average molecular weight is 376 g/mol. The van der Waals surface area contributed by atoms with Crippen molar-refractivity contribution in [1.82, 2.24) is 5.32 Å². The van der Waals surface area contributed by atoms with E-state index < -0.39 is 0 Å². The van der Waals surface area contributed by atoms with Gasteiger partial charge in [0.2, 0.25) is 5.91 Å². The maximum atomic E-state index is 12.1. The summed E-state index contributed by atoms with van der Waals surface area (Å²) < 4.78 is 11.2. The van der Waals surface area contributed by atoms with Gasteiger partial charge in [-0.1, -0.05) is 29.8 Å². The van der Waals surface area contributed by atoms with Crippen LogP contribution < -0.4 is 14.8 Å². The van der Waals surface area contributed by atoms with Crippen LogP contribution in [-0.2, 0) is 17.6 Å². The van der Waals surface area contributed by atoms with Gasteiger partial charge in [0, 0.05) is 18.0 Å². The van der Waals surface area contributed by atoms with Gasteiger partial charge in [-0.25, -0.2) is 0 Å². The van der Waals surface area contributed by atoms with Crippen molar-refractivity contribution in [3.8, 4) is 11.5 Å². The molecule has 2 aromatic carbocycles. The average Bonchev–Trinajstić information content (AvgIpc) is 2.64. The third-order valence-electron chi connectivity index (χ3n) is 3.90. The van der Waals surface area contributed by atoms with Crippen molar-refractivity contribution >= 4 is 17.5 Å². The van der Waals surface area contributed by atoms with Crippen molar-refractivity contribution < 1.29 is 14.3 Å². The number of ether oxygens (including phenoxy) is 2. The smallest absolute Gasteiger partial charge is 0.220 e. The van der Waals surface area contributed by atoms with Crippen molar-refractivity contribution in [1.29, 1.82) is 0 Å². The Morgan fingerprint density at radius 2 is 1.58 bits per heavy atom. The molecule has 0 aromatic heterocycles. The Morgan fingerprint density at radius 1 is 0.923 bits per heavy atom. The Kier molecular flexibility index (Phi) is 8.29. The van der Waals surface area contributed by atoms with Crippen molar-refractivity contribution in [2.45, 2.75) is 33.1 Å². The maximum absolute atomic E-state index is 12.1. The van der Waals surface area contributed by atoms with Crippen LogP contribution in [0.25, 0.3) is 0 Å². The summed E-state index contributed by atoms with van der Waals surface area (Å²) in [6.07, 6.45) is 1.90. The minimum atomic E-state index is 0.0470. The molecule has 140 valence electrons. The normalized spacial score (nSPS) is 10.4. The van der Waals surface area contributed by atoms with Crippen LogP contribution in [0.15, 0.2) is 42.5 Å². The summed E-state index contributed by atoms with van der Waals surface area (Å²) in [4.78, 5) is 12.1. The van der Waals surface area contributed by atoms with E-state index >= 15 is 0 Å². The van der Waals surface area contributed by atoms with Crippen molar-refractivity contribution in [3.05, 3.63) is 58.6 Å². The summed E-state index contributed by atoms with van der Waals surface area (Å²) in [6, 6.07) is 13.5. The van der Waals surface area contributed by atoms with E-state index in [1.807, 2.05) is 56.3 Å². The Labute approximate surface area is 160 Å². The van der Waals surface area contributed by atoms with Gasteiger partial charge in [0.1, 0.15) is 0 Å². The highest BCUT2D eigenvalue weighted by Crippen LogP contribution is 2.29. The number of amides is 1. The third kappa shape index (κ3) is 6.60. The van der Waals surface area contributed by atoms with Crippen LogP contribution in [0.1, 0.15) is 31.4 Å². The minimum absolute atomic E-state index is 0.0470. The van der Waals surface area contributed by atoms with Crippen LogP contribution in [-0.4, -0.2) is 25.7 Å². The molecule has 1 amide bonds. The highest BCUT2D eigenvalue weighted by molar-refractivity contribution is 6.30. The van der Waals surface area contributed by atoms with Crippen molar-refractivity contribution in [2.24, 2.45) is 0 Å². The van der Waals surface area contributed by atoms with Gasteiger partial charge in [-0.15, -0.1) is 0 Å². The molecule has 0 atom stereocenters. The first-order chi connectivity index (χ1) is 12.6. The standard InChI is InChI=1S/C21H26ClNO3/c1-3-25-19-11-7-17(15-20(19)26-4-2)8-12-21(24)23-14-13-16-5-9-18(22)10-6-16/h5-7,9-11,15H,3-4,8,12-14H2,1-2H3,(H,23,24). The summed E-state index contributed by atoms with van der Waals surface area (Å²) in [6.45, 7) is 5.67. The number of rotatable bonds is 10. The molecular formula is C21H26ClNO3. The lowest BCUT2D eigenvalue weighted by molar-refractivity contribution is -0.121. The van der Waals surface area contributed by atoms with E-state index in [1.54, 1.807) is 0 Å². The molecule has 0 aliphatic heterocycles. The fraction of sp³-hybridized carbons (Fsp3) is 0.381. The van der Waals surface area contributed by atoms with Gasteiger partial charge in [-0.3, -0.25) is 4.79 Å². The first-order valence-electron chi connectivity index (χ1n) is 9.02. The predicted octanol–water partition coefficient (Wildman–Crippen LogP) is 4.43. The van der Waals surface area contributed by atoms with Gasteiger partial charge in [-0.05, 0) is 62.1 Å². The molecular weight excluding hydrogens is 350 g/mol. The molecule has 0 fully saturated rings. The van der Waals surface area contributed by atoms with Gasteiger partial charge in [0.05, 0.1) is 13.2 Å². The predicted molar refractivity (Wildman–Crippen MR) is 105 cm³/mol. The summed E-state index contributed by atoms with van der Waals surface area (Å²) in [5.74, 6) is 1.52. The second kappa shape index (κ2) is 10.7. The number of hydrogen-bond donors (Lipinski definition) is 1. The lowest BCUT2D eigenvalue weighted by atomic mass is 10.1. The number of halogens is 1. The maximum Gasteiger partial charge on any atom is 0.220 e. The lowest BCUT2D eigenvalue weighted by Gasteiger charge is -2.12. The zero-order valence-electron chi connectivity index (χ0n) is 15.4. The molecule has 1 N–H and O–H groups in total. The van der Waals surface area contributed by atoms with E-state index in [4.69, 9.17) is 21.1 Å². The van der Waals surface area contributed by atoms with Crippen LogP contribution in [0, 0.1) is 0 Å². The number of carbonyl (C=O) groups is 1. The number of hydrogen-bond acceptors (Lipinski definition) is 3. The second-order valence-corrected chi connectivity index (χ2v) is 6.31. The summed E-state index contributed by atoms with van der Waals surface area (Å²) in [5.41, 5.74) is 2.22. The van der Waals surface area contributed by atoms with Crippen LogP contribution in [0.2, 0.25) is 5.02 Å². The van der Waals surface area contributed by atoms with E-state index in [0.29, 0.717) is 32.6 Å². The lowest BCUT2D eigenvalue weighted by Crippen LogP contribution is -2.25. The molecule has 2 rings (SSSR count). The van der Waals surface area contributed by atoms with Gasteiger partial charge >= 0.3 is 0 Å². The molecule has 2 aromatic rings. The molecule has 0 radical (unpaired) electrons. The van der Waals surface area contributed by atoms with Gasteiger partial charge in [0.25, 0.3) is 0 Å². The second-order valence-electron chi connectivity index (χ2n) is 5.87. The fourth-order valence-electron chi connectivity index (χ4n) is 2.59. The monoisotopic (exact) mass is 375 g/mol. The minimum Gasteiger partial charge on any atom is -0.490 e.